The normalized spacial score (nSPS) is 17.5. The molecule has 7 heteroatoms. The number of aromatic nitrogens is 3. The summed E-state index contributed by atoms with van der Waals surface area (Å²) in [6, 6.07) is 5.05. The summed E-state index contributed by atoms with van der Waals surface area (Å²) in [5, 5.41) is 17.3. The second kappa shape index (κ2) is 5.65. The molecule has 0 radical (unpaired) electrons. The first-order valence-corrected chi connectivity index (χ1v) is 7.02. The molecule has 0 spiro atoms. The summed E-state index contributed by atoms with van der Waals surface area (Å²) < 4.78 is 1.55. The average Bonchev–Trinajstić information content (AvgIpc) is 2.96. The quantitative estimate of drug-likeness (QED) is 0.909. The molecule has 0 saturated heterocycles. The van der Waals surface area contributed by atoms with E-state index in [9.17, 15) is 9.90 Å². The van der Waals surface area contributed by atoms with Crippen molar-refractivity contribution in [3.05, 3.63) is 59.2 Å². The molecule has 3 heterocycles. The van der Waals surface area contributed by atoms with Gasteiger partial charge in [-0.1, -0.05) is 11.6 Å². The van der Waals surface area contributed by atoms with Crippen molar-refractivity contribution in [1.82, 2.24) is 20.1 Å². The number of aromatic carboxylic acids is 1. The maximum atomic E-state index is 11.2. The van der Waals surface area contributed by atoms with Crippen LogP contribution in [0.4, 0.5) is 0 Å². The molecule has 0 fully saturated rings. The van der Waals surface area contributed by atoms with Gasteiger partial charge in [0.05, 0.1) is 29.3 Å². The molecule has 1 aliphatic heterocycles. The highest BCUT2D eigenvalue weighted by molar-refractivity contribution is 6.30. The minimum atomic E-state index is -1.08. The molecule has 0 aromatic carbocycles. The number of carboxylic acids is 1. The first kappa shape index (κ1) is 14.3. The zero-order valence-electron chi connectivity index (χ0n) is 11.7. The summed E-state index contributed by atoms with van der Waals surface area (Å²) in [6.45, 7) is 1.93. The van der Waals surface area contributed by atoms with Gasteiger partial charge in [0.25, 0.3) is 0 Å². The lowest BCUT2D eigenvalue weighted by atomic mass is 10.1. The van der Waals surface area contributed by atoms with Crippen LogP contribution in [0, 0.1) is 0 Å². The average molecular weight is 317 g/mol. The number of carbonyl (C=O) groups is 1. The van der Waals surface area contributed by atoms with Crippen molar-refractivity contribution in [2.24, 2.45) is 0 Å². The molecule has 2 aromatic rings. The number of nitrogens with zero attached hydrogens (tertiary/aromatic N) is 3. The van der Waals surface area contributed by atoms with Crippen molar-refractivity contribution in [3.63, 3.8) is 0 Å². The first-order valence-electron chi connectivity index (χ1n) is 6.64. The van der Waals surface area contributed by atoms with Gasteiger partial charge in [-0.2, -0.15) is 5.10 Å². The van der Waals surface area contributed by atoms with E-state index in [-0.39, 0.29) is 11.7 Å². The number of pyridine rings is 1. The maximum absolute atomic E-state index is 11.2. The molecular formula is C15H13ClN4O2. The number of carboxylic acid groups (broad SMARTS) is 1. The van der Waals surface area contributed by atoms with Crippen LogP contribution < -0.4 is 5.32 Å². The van der Waals surface area contributed by atoms with Gasteiger partial charge in [-0.15, -0.1) is 0 Å². The van der Waals surface area contributed by atoms with Crippen LogP contribution in [-0.4, -0.2) is 31.9 Å². The van der Waals surface area contributed by atoms with Crippen molar-refractivity contribution in [1.29, 1.82) is 0 Å². The van der Waals surface area contributed by atoms with Crippen molar-refractivity contribution < 1.29 is 9.90 Å². The third kappa shape index (κ3) is 2.60. The molecule has 0 saturated carbocycles. The largest absolute Gasteiger partial charge is 0.476 e. The number of hydrogen-bond acceptors (Lipinski definition) is 4. The van der Waals surface area contributed by atoms with Crippen molar-refractivity contribution in [3.8, 4) is 5.69 Å². The van der Waals surface area contributed by atoms with Gasteiger partial charge in [-0.3, -0.25) is 4.98 Å². The lowest BCUT2D eigenvalue weighted by Gasteiger charge is -2.21. The van der Waals surface area contributed by atoms with Crippen LogP contribution >= 0.6 is 11.6 Å². The van der Waals surface area contributed by atoms with E-state index in [1.165, 1.54) is 6.07 Å². The van der Waals surface area contributed by atoms with E-state index < -0.39 is 5.97 Å². The van der Waals surface area contributed by atoms with Gasteiger partial charge in [-0.05, 0) is 31.2 Å². The van der Waals surface area contributed by atoms with E-state index in [1.807, 2.05) is 13.0 Å². The highest BCUT2D eigenvalue weighted by Gasteiger charge is 2.20. The van der Waals surface area contributed by atoms with Gasteiger partial charge in [0.15, 0.2) is 5.69 Å². The number of rotatable bonds is 3. The van der Waals surface area contributed by atoms with Crippen molar-refractivity contribution in [2.45, 2.75) is 13.0 Å². The summed E-state index contributed by atoms with van der Waals surface area (Å²) in [7, 11) is 0. The highest BCUT2D eigenvalue weighted by Crippen LogP contribution is 2.24. The summed E-state index contributed by atoms with van der Waals surface area (Å²) >= 11 is 6.06. The van der Waals surface area contributed by atoms with Crippen LogP contribution in [0.3, 0.4) is 0 Å². The molecule has 2 aromatic heterocycles. The molecule has 3 rings (SSSR count). The van der Waals surface area contributed by atoms with Crippen LogP contribution in [0.2, 0.25) is 0 Å². The first-order chi connectivity index (χ1) is 10.6. The zero-order chi connectivity index (χ0) is 15.7. The Bertz CT molecular complexity index is 780. The topological polar surface area (TPSA) is 80.0 Å². The lowest BCUT2D eigenvalue weighted by Crippen LogP contribution is -2.28. The third-order valence-electron chi connectivity index (χ3n) is 3.29. The van der Waals surface area contributed by atoms with Gasteiger partial charge in [0.1, 0.15) is 0 Å². The Hall–Kier alpha value is -2.60. The second-order valence-electron chi connectivity index (χ2n) is 4.84. The van der Waals surface area contributed by atoms with Crippen molar-refractivity contribution >= 4 is 23.3 Å². The number of nitrogens with one attached hydrogen (secondary N) is 1. The summed E-state index contributed by atoms with van der Waals surface area (Å²) in [4.78, 5) is 15.3. The zero-order valence-corrected chi connectivity index (χ0v) is 12.4. The number of halogens is 1. The molecule has 2 N–H and O–H groups in total. The van der Waals surface area contributed by atoms with Gasteiger partial charge in [-0.25, -0.2) is 9.48 Å². The fourth-order valence-corrected chi connectivity index (χ4v) is 2.29. The van der Waals surface area contributed by atoms with Gasteiger partial charge in [0.2, 0.25) is 0 Å². The summed E-state index contributed by atoms with van der Waals surface area (Å²) in [5.74, 6) is -1.08. The Balaban J connectivity index is 2.13. The molecule has 1 unspecified atom stereocenters. The van der Waals surface area contributed by atoms with E-state index in [4.69, 9.17) is 11.6 Å². The lowest BCUT2D eigenvalue weighted by molar-refractivity contribution is 0.0690. The Kier molecular flexibility index (Phi) is 3.68. The molecule has 1 aliphatic rings. The van der Waals surface area contributed by atoms with E-state index >= 15 is 0 Å². The van der Waals surface area contributed by atoms with E-state index in [0.29, 0.717) is 16.4 Å². The van der Waals surface area contributed by atoms with Crippen LogP contribution in [0.1, 0.15) is 23.1 Å². The molecule has 1 atom stereocenters. The fraction of sp³-hybridized carbons (Fsp3) is 0.133. The SMILES string of the molecule is CC1NC(c2cc(C(=O)O)nn2-c2cccnc2)=CC=C1Cl. The Morgan fingerprint density at radius 3 is 2.91 bits per heavy atom. The fourth-order valence-electron chi connectivity index (χ4n) is 2.17. The summed E-state index contributed by atoms with van der Waals surface area (Å²) in [5.41, 5.74) is 2.04. The molecule has 0 amide bonds. The van der Waals surface area contributed by atoms with Crippen LogP contribution in [-0.2, 0) is 0 Å². The smallest absolute Gasteiger partial charge is 0.356 e. The van der Waals surface area contributed by atoms with Crippen LogP contribution in [0.5, 0.6) is 0 Å². The number of allylic oxidation sites excluding steroid dienone is 2. The minimum absolute atomic E-state index is 0.0325. The molecule has 22 heavy (non-hydrogen) atoms. The van der Waals surface area contributed by atoms with Crippen LogP contribution in [0.25, 0.3) is 11.4 Å². The summed E-state index contributed by atoms with van der Waals surface area (Å²) in [6.07, 6.45) is 6.86. The van der Waals surface area contributed by atoms with Gasteiger partial charge >= 0.3 is 5.97 Å². The maximum Gasteiger partial charge on any atom is 0.356 e. The Morgan fingerprint density at radius 1 is 1.45 bits per heavy atom. The van der Waals surface area contributed by atoms with Gasteiger partial charge < -0.3 is 10.4 Å². The van der Waals surface area contributed by atoms with E-state index in [2.05, 4.69) is 15.4 Å². The molecule has 0 bridgehead atoms. The monoisotopic (exact) mass is 316 g/mol. The molecule has 0 aliphatic carbocycles. The number of dihydropyridines is 1. The van der Waals surface area contributed by atoms with Crippen LogP contribution in [0.15, 0.2) is 47.8 Å². The second-order valence-corrected chi connectivity index (χ2v) is 5.28. The highest BCUT2D eigenvalue weighted by atomic mass is 35.5. The Morgan fingerprint density at radius 2 is 2.27 bits per heavy atom. The number of hydrogen-bond donors (Lipinski definition) is 2. The van der Waals surface area contributed by atoms with E-state index in [1.54, 1.807) is 35.3 Å². The molecule has 6 nitrogen and oxygen atoms in total. The predicted molar refractivity (Wildman–Crippen MR) is 82.8 cm³/mol. The minimum Gasteiger partial charge on any atom is -0.476 e. The Labute approximate surface area is 131 Å². The standard InChI is InChI=1S/C15H13ClN4O2/c1-9-11(16)4-5-12(18-9)14-7-13(15(21)22)19-20(14)10-3-2-6-17-8-10/h2-9,18H,1H3,(H,21,22). The predicted octanol–water partition coefficient (Wildman–Crippen LogP) is 2.42. The van der Waals surface area contributed by atoms with Gasteiger partial charge in [0, 0.05) is 17.3 Å². The molecular weight excluding hydrogens is 304 g/mol. The molecule has 112 valence electrons. The van der Waals surface area contributed by atoms with Crippen molar-refractivity contribution in [2.75, 3.05) is 0 Å². The third-order valence-corrected chi connectivity index (χ3v) is 3.74. The van der Waals surface area contributed by atoms with E-state index in [0.717, 1.165) is 5.70 Å².